The monoisotopic (exact) mass is 311 g/mol. The zero-order valence-corrected chi connectivity index (χ0v) is 12.4. The first-order valence-electron chi connectivity index (χ1n) is 6.71. The Labute approximate surface area is 122 Å². The topological polar surface area (TPSA) is 113 Å². The van der Waals surface area contributed by atoms with Crippen LogP contribution >= 0.6 is 0 Å². The minimum absolute atomic E-state index is 0.0581. The molecule has 0 aromatic carbocycles. The molecule has 0 spiro atoms. The summed E-state index contributed by atoms with van der Waals surface area (Å²) in [6, 6.07) is 2.10. The third-order valence-electron chi connectivity index (χ3n) is 3.25. The number of aryl methyl sites for hydroxylation is 1. The van der Waals surface area contributed by atoms with E-state index in [4.69, 9.17) is 4.42 Å². The molecule has 114 valence electrons. The predicted molar refractivity (Wildman–Crippen MR) is 73.7 cm³/mol. The fraction of sp³-hybridized carbons (Fsp3) is 0.500. The number of rotatable bonds is 7. The van der Waals surface area contributed by atoms with E-state index in [1.54, 1.807) is 13.0 Å². The van der Waals surface area contributed by atoms with Crippen molar-refractivity contribution in [3.05, 3.63) is 29.7 Å². The van der Waals surface area contributed by atoms with Gasteiger partial charge in [-0.1, -0.05) is 0 Å². The highest BCUT2D eigenvalue weighted by Crippen LogP contribution is 2.22. The quantitative estimate of drug-likeness (QED) is 0.684. The highest BCUT2D eigenvalue weighted by Gasteiger charge is 2.24. The van der Waals surface area contributed by atoms with Gasteiger partial charge in [0.25, 0.3) is 0 Å². The zero-order chi connectivity index (χ0) is 14.9. The van der Waals surface area contributed by atoms with Crippen molar-refractivity contribution in [3.63, 3.8) is 0 Å². The van der Waals surface area contributed by atoms with E-state index in [1.165, 1.54) is 19.2 Å². The summed E-state index contributed by atoms with van der Waals surface area (Å²) in [5, 5.41) is 9.55. The number of furan rings is 1. The van der Waals surface area contributed by atoms with Crippen LogP contribution in [0.2, 0.25) is 0 Å². The van der Waals surface area contributed by atoms with Gasteiger partial charge in [0.1, 0.15) is 28.6 Å². The summed E-state index contributed by atoms with van der Waals surface area (Å²) in [6.45, 7) is 2.25. The molecule has 2 heterocycles. The van der Waals surface area contributed by atoms with Crippen molar-refractivity contribution in [2.24, 2.45) is 0 Å². The molecule has 21 heavy (non-hydrogen) atoms. The van der Waals surface area contributed by atoms with E-state index in [0.29, 0.717) is 29.9 Å². The Bertz CT molecular complexity index is 703. The molecule has 0 bridgehead atoms. The van der Waals surface area contributed by atoms with Crippen LogP contribution in [-0.4, -0.2) is 29.6 Å². The van der Waals surface area contributed by atoms with Gasteiger partial charge < -0.3 is 9.73 Å². The Kier molecular flexibility index (Phi) is 3.79. The Balaban J connectivity index is 1.68. The predicted octanol–water partition coefficient (Wildman–Crippen LogP) is 0.437. The molecule has 0 saturated heterocycles. The van der Waals surface area contributed by atoms with Crippen LogP contribution in [0.15, 0.2) is 21.7 Å². The lowest BCUT2D eigenvalue weighted by molar-refractivity contribution is 0.456. The van der Waals surface area contributed by atoms with E-state index in [-0.39, 0.29) is 11.4 Å². The van der Waals surface area contributed by atoms with Crippen LogP contribution in [0.4, 0.5) is 0 Å². The second-order valence-corrected chi connectivity index (χ2v) is 6.78. The molecule has 1 saturated carbocycles. The highest BCUT2D eigenvalue weighted by molar-refractivity contribution is 7.89. The molecular formula is C12H17N5O3S. The van der Waals surface area contributed by atoms with Crippen molar-refractivity contribution in [3.8, 4) is 0 Å². The minimum Gasteiger partial charge on any atom is -0.464 e. The Morgan fingerprint density at radius 1 is 1.43 bits per heavy atom. The Hall–Kier alpha value is -1.71. The molecule has 1 aliphatic rings. The summed E-state index contributed by atoms with van der Waals surface area (Å²) in [5.41, 5.74) is 0. The fourth-order valence-electron chi connectivity index (χ4n) is 1.97. The molecule has 3 rings (SSSR count). The lowest BCUT2D eigenvalue weighted by Gasteiger charge is -2.03. The van der Waals surface area contributed by atoms with Crippen LogP contribution in [0.3, 0.4) is 0 Å². The molecule has 1 aliphatic carbocycles. The molecule has 2 aromatic heterocycles. The number of hydrogen-bond acceptors (Lipinski definition) is 6. The Morgan fingerprint density at radius 2 is 2.24 bits per heavy atom. The van der Waals surface area contributed by atoms with E-state index in [9.17, 15) is 8.42 Å². The normalized spacial score (nSPS) is 15.5. The largest absolute Gasteiger partial charge is 0.464 e. The van der Waals surface area contributed by atoms with Gasteiger partial charge in [0.05, 0.1) is 13.1 Å². The Morgan fingerprint density at radius 3 is 2.90 bits per heavy atom. The van der Waals surface area contributed by atoms with E-state index >= 15 is 0 Å². The van der Waals surface area contributed by atoms with Gasteiger partial charge >= 0.3 is 0 Å². The first-order valence-corrected chi connectivity index (χ1v) is 8.19. The average molecular weight is 311 g/mol. The van der Waals surface area contributed by atoms with E-state index < -0.39 is 10.0 Å². The van der Waals surface area contributed by atoms with Crippen molar-refractivity contribution in [2.75, 3.05) is 0 Å². The summed E-state index contributed by atoms with van der Waals surface area (Å²) in [4.78, 5) is 4.03. The van der Waals surface area contributed by atoms with Crippen LogP contribution in [-0.2, 0) is 23.1 Å². The third-order valence-corrected chi connectivity index (χ3v) is 4.76. The standard InChI is InChI=1S/C12H17N5O3S/c1-8-11(4-10(20-8)5-13-9-2-3-9)21(18,19)16-6-12-14-7-15-17-12/h4,7,9,13,16H,2-3,5-6H2,1H3,(H,14,15,17). The smallest absolute Gasteiger partial charge is 0.244 e. The average Bonchev–Trinajstić information content (AvgIpc) is 2.97. The third kappa shape index (κ3) is 3.49. The maximum absolute atomic E-state index is 12.3. The maximum Gasteiger partial charge on any atom is 0.244 e. The number of nitrogens with one attached hydrogen (secondary N) is 3. The minimum atomic E-state index is -3.63. The van der Waals surface area contributed by atoms with Gasteiger partial charge in [-0.15, -0.1) is 0 Å². The summed E-state index contributed by atoms with van der Waals surface area (Å²) in [5.74, 6) is 1.46. The summed E-state index contributed by atoms with van der Waals surface area (Å²) < 4.78 is 32.5. The van der Waals surface area contributed by atoms with E-state index in [2.05, 4.69) is 25.2 Å². The molecule has 9 heteroatoms. The molecule has 0 aliphatic heterocycles. The van der Waals surface area contributed by atoms with Crippen molar-refractivity contribution >= 4 is 10.0 Å². The van der Waals surface area contributed by atoms with E-state index in [1.807, 2.05) is 0 Å². The second kappa shape index (κ2) is 5.58. The van der Waals surface area contributed by atoms with Gasteiger partial charge in [0, 0.05) is 12.1 Å². The van der Waals surface area contributed by atoms with Crippen molar-refractivity contribution in [2.45, 2.75) is 43.8 Å². The molecule has 1 fully saturated rings. The molecule has 0 radical (unpaired) electrons. The maximum atomic E-state index is 12.3. The number of nitrogens with zero attached hydrogens (tertiary/aromatic N) is 2. The van der Waals surface area contributed by atoms with Gasteiger partial charge in [-0.05, 0) is 19.8 Å². The molecule has 0 atom stereocenters. The van der Waals surface area contributed by atoms with Gasteiger partial charge in [-0.25, -0.2) is 18.1 Å². The molecule has 0 unspecified atom stereocenters. The summed E-state index contributed by atoms with van der Waals surface area (Å²) in [6.07, 6.45) is 3.67. The number of hydrogen-bond donors (Lipinski definition) is 3. The van der Waals surface area contributed by atoms with Crippen LogP contribution in [0.1, 0.15) is 30.2 Å². The second-order valence-electron chi connectivity index (χ2n) is 5.05. The fourth-order valence-corrected chi connectivity index (χ4v) is 3.16. The lowest BCUT2D eigenvalue weighted by atomic mass is 10.4. The summed E-state index contributed by atoms with van der Waals surface area (Å²) in [7, 11) is -3.63. The lowest BCUT2D eigenvalue weighted by Crippen LogP contribution is -2.24. The number of H-pyrrole nitrogens is 1. The van der Waals surface area contributed by atoms with Gasteiger partial charge in [-0.2, -0.15) is 5.10 Å². The van der Waals surface area contributed by atoms with Crippen LogP contribution in [0.5, 0.6) is 0 Å². The first-order chi connectivity index (χ1) is 10.0. The molecule has 2 aromatic rings. The highest BCUT2D eigenvalue weighted by atomic mass is 32.2. The van der Waals surface area contributed by atoms with Crippen LogP contribution in [0, 0.1) is 6.92 Å². The van der Waals surface area contributed by atoms with Crippen LogP contribution in [0.25, 0.3) is 0 Å². The number of aromatic nitrogens is 3. The van der Waals surface area contributed by atoms with Gasteiger partial charge in [-0.3, -0.25) is 5.10 Å². The SMILES string of the molecule is Cc1oc(CNC2CC2)cc1S(=O)(=O)NCc1ncn[nH]1. The van der Waals surface area contributed by atoms with Crippen LogP contribution < -0.4 is 10.0 Å². The zero-order valence-electron chi connectivity index (χ0n) is 11.6. The number of aromatic amines is 1. The van der Waals surface area contributed by atoms with Gasteiger partial charge in [0.15, 0.2) is 0 Å². The van der Waals surface area contributed by atoms with Crippen molar-refractivity contribution in [1.29, 1.82) is 0 Å². The molecular weight excluding hydrogens is 294 g/mol. The molecule has 8 nitrogen and oxygen atoms in total. The van der Waals surface area contributed by atoms with Crippen molar-refractivity contribution < 1.29 is 12.8 Å². The molecule has 3 N–H and O–H groups in total. The number of sulfonamides is 1. The summed E-state index contributed by atoms with van der Waals surface area (Å²) >= 11 is 0. The first kappa shape index (κ1) is 14.2. The van der Waals surface area contributed by atoms with Crippen molar-refractivity contribution in [1.82, 2.24) is 25.2 Å². The molecule has 0 amide bonds. The van der Waals surface area contributed by atoms with E-state index in [0.717, 1.165) is 0 Å². The van der Waals surface area contributed by atoms with Gasteiger partial charge in [0.2, 0.25) is 10.0 Å².